The lowest BCUT2D eigenvalue weighted by Crippen LogP contribution is -2.34. The Morgan fingerprint density at radius 2 is 2.00 bits per heavy atom. The van der Waals surface area contributed by atoms with Crippen molar-refractivity contribution in [3.05, 3.63) is 27.7 Å². The van der Waals surface area contributed by atoms with Crippen LogP contribution in [0.3, 0.4) is 0 Å². The standard InChI is InChI=1S/C14H18BrNO4S/c1-8-4-9(2)16(7-8)21(19,20)13-6-11(14(17)18)5-12(15)10(13)3/h5-6,8-9H,4,7H2,1-3H3,(H,17,18). The molecular formula is C14H18BrNO4S. The minimum absolute atomic E-state index is 0.0362. The van der Waals surface area contributed by atoms with Crippen LogP contribution >= 0.6 is 15.9 Å². The molecule has 1 aromatic carbocycles. The van der Waals surface area contributed by atoms with Crippen LogP contribution in [-0.4, -0.2) is 36.4 Å². The summed E-state index contributed by atoms with van der Waals surface area (Å²) in [4.78, 5) is 11.2. The lowest BCUT2D eigenvalue weighted by Gasteiger charge is -2.22. The van der Waals surface area contributed by atoms with Crippen molar-refractivity contribution in [2.45, 2.75) is 38.1 Å². The van der Waals surface area contributed by atoms with E-state index in [2.05, 4.69) is 15.9 Å². The van der Waals surface area contributed by atoms with Crippen LogP contribution in [0.25, 0.3) is 0 Å². The maximum absolute atomic E-state index is 12.9. The van der Waals surface area contributed by atoms with E-state index in [9.17, 15) is 13.2 Å². The second-order valence-corrected chi connectivity index (χ2v) is 8.36. The van der Waals surface area contributed by atoms with Crippen molar-refractivity contribution in [2.24, 2.45) is 5.92 Å². The monoisotopic (exact) mass is 375 g/mol. The number of rotatable bonds is 3. The number of hydrogen-bond acceptors (Lipinski definition) is 3. The SMILES string of the molecule is Cc1c(Br)cc(C(=O)O)cc1S(=O)(=O)N1CC(C)CC1C. The molecule has 1 heterocycles. The number of nitrogens with zero attached hydrogens (tertiary/aromatic N) is 1. The number of hydrogen-bond donors (Lipinski definition) is 1. The van der Waals surface area contributed by atoms with Gasteiger partial charge in [-0.25, -0.2) is 13.2 Å². The molecule has 0 amide bonds. The van der Waals surface area contributed by atoms with Gasteiger partial charge in [0.05, 0.1) is 10.5 Å². The molecule has 0 bridgehead atoms. The third-order valence-corrected chi connectivity index (χ3v) is 6.79. The van der Waals surface area contributed by atoms with Gasteiger partial charge in [0, 0.05) is 17.1 Å². The third kappa shape index (κ3) is 3.00. The highest BCUT2D eigenvalue weighted by molar-refractivity contribution is 9.10. The van der Waals surface area contributed by atoms with Crippen molar-refractivity contribution in [3.8, 4) is 0 Å². The summed E-state index contributed by atoms with van der Waals surface area (Å²) in [7, 11) is -3.69. The molecule has 1 fully saturated rings. The highest BCUT2D eigenvalue weighted by Gasteiger charge is 2.37. The van der Waals surface area contributed by atoms with Crippen LogP contribution in [0.5, 0.6) is 0 Å². The molecule has 2 atom stereocenters. The Hall–Kier alpha value is -0.920. The van der Waals surface area contributed by atoms with Gasteiger partial charge in [-0.2, -0.15) is 4.31 Å². The van der Waals surface area contributed by atoms with Gasteiger partial charge in [-0.1, -0.05) is 22.9 Å². The van der Waals surface area contributed by atoms with Gasteiger partial charge in [0.15, 0.2) is 0 Å². The zero-order chi connectivity index (χ0) is 15.9. The van der Waals surface area contributed by atoms with Crippen LogP contribution in [-0.2, 0) is 10.0 Å². The average Bonchev–Trinajstić information content (AvgIpc) is 2.71. The zero-order valence-electron chi connectivity index (χ0n) is 12.1. The predicted octanol–water partition coefficient (Wildman–Crippen LogP) is 2.87. The van der Waals surface area contributed by atoms with Gasteiger partial charge in [0.25, 0.3) is 0 Å². The van der Waals surface area contributed by atoms with E-state index in [-0.39, 0.29) is 16.5 Å². The first-order chi connectivity index (χ1) is 9.64. The summed E-state index contributed by atoms with van der Waals surface area (Å²) in [5.74, 6) is -0.837. The molecule has 1 aliphatic rings. The van der Waals surface area contributed by atoms with Crippen molar-refractivity contribution in [3.63, 3.8) is 0 Å². The Labute approximate surface area is 133 Å². The molecule has 0 radical (unpaired) electrons. The lowest BCUT2D eigenvalue weighted by atomic mass is 10.1. The molecule has 0 saturated carbocycles. The second-order valence-electron chi connectivity index (χ2n) is 5.65. The molecule has 5 nitrogen and oxygen atoms in total. The fourth-order valence-electron chi connectivity index (χ4n) is 2.77. The van der Waals surface area contributed by atoms with Gasteiger partial charge in [-0.15, -0.1) is 0 Å². The molecular weight excluding hydrogens is 358 g/mol. The van der Waals surface area contributed by atoms with Crippen molar-refractivity contribution >= 4 is 31.9 Å². The number of aromatic carboxylic acids is 1. The van der Waals surface area contributed by atoms with Gasteiger partial charge >= 0.3 is 5.97 Å². The minimum atomic E-state index is -3.69. The van der Waals surface area contributed by atoms with Crippen LogP contribution in [0.2, 0.25) is 0 Å². The smallest absolute Gasteiger partial charge is 0.335 e. The topological polar surface area (TPSA) is 74.7 Å². The number of halogens is 1. The van der Waals surface area contributed by atoms with Crippen LogP contribution in [0.15, 0.2) is 21.5 Å². The molecule has 0 aromatic heterocycles. The largest absolute Gasteiger partial charge is 0.478 e. The maximum atomic E-state index is 12.9. The number of carboxylic acids is 1. The molecule has 1 aromatic rings. The van der Waals surface area contributed by atoms with Crippen LogP contribution < -0.4 is 0 Å². The van der Waals surface area contributed by atoms with E-state index in [1.54, 1.807) is 6.92 Å². The van der Waals surface area contributed by atoms with Gasteiger partial charge in [0.2, 0.25) is 10.0 Å². The third-order valence-electron chi connectivity index (χ3n) is 3.86. The molecule has 0 aliphatic carbocycles. The van der Waals surface area contributed by atoms with Crippen LogP contribution in [0.4, 0.5) is 0 Å². The Kier molecular flexibility index (Phi) is 4.46. The molecule has 1 saturated heterocycles. The molecule has 21 heavy (non-hydrogen) atoms. The van der Waals surface area contributed by atoms with E-state index in [0.29, 0.717) is 22.5 Å². The first-order valence-electron chi connectivity index (χ1n) is 6.70. The molecule has 116 valence electrons. The van der Waals surface area contributed by atoms with E-state index in [4.69, 9.17) is 5.11 Å². The summed E-state index contributed by atoms with van der Waals surface area (Å²) in [6.45, 7) is 6.04. The van der Waals surface area contributed by atoms with Crippen molar-refractivity contribution in [1.29, 1.82) is 0 Å². The lowest BCUT2D eigenvalue weighted by molar-refractivity contribution is 0.0696. The fourth-order valence-corrected chi connectivity index (χ4v) is 5.40. The van der Waals surface area contributed by atoms with E-state index in [0.717, 1.165) is 6.42 Å². The van der Waals surface area contributed by atoms with Crippen molar-refractivity contribution < 1.29 is 18.3 Å². The quantitative estimate of drug-likeness (QED) is 0.880. The van der Waals surface area contributed by atoms with Crippen molar-refractivity contribution in [2.75, 3.05) is 6.54 Å². The average molecular weight is 376 g/mol. The summed E-state index contributed by atoms with van der Waals surface area (Å²) in [6.07, 6.45) is 0.818. The summed E-state index contributed by atoms with van der Waals surface area (Å²) < 4.78 is 27.7. The highest BCUT2D eigenvalue weighted by Crippen LogP contribution is 2.33. The first-order valence-corrected chi connectivity index (χ1v) is 8.93. The number of sulfonamides is 1. The molecule has 1 aliphatic heterocycles. The van der Waals surface area contributed by atoms with Gasteiger partial charge in [0.1, 0.15) is 0 Å². The normalized spacial score (nSPS) is 23.4. The van der Waals surface area contributed by atoms with Gasteiger partial charge in [-0.05, 0) is 43.9 Å². The van der Waals surface area contributed by atoms with Gasteiger partial charge < -0.3 is 5.11 Å². The summed E-state index contributed by atoms with van der Waals surface area (Å²) >= 11 is 3.25. The minimum Gasteiger partial charge on any atom is -0.478 e. The Morgan fingerprint density at radius 3 is 2.48 bits per heavy atom. The number of carboxylic acid groups (broad SMARTS) is 1. The van der Waals surface area contributed by atoms with E-state index < -0.39 is 16.0 Å². The summed E-state index contributed by atoms with van der Waals surface area (Å²) in [5.41, 5.74) is 0.498. The predicted molar refractivity (Wildman–Crippen MR) is 83.0 cm³/mol. The molecule has 2 unspecified atom stereocenters. The summed E-state index contributed by atoms with van der Waals surface area (Å²) in [6, 6.07) is 2.59. The summed E-state index contributed by atoms with van der Waals surface area (Å²) in [5, 5.41) is 9.12. The molecule has 1 N–H and O–H groups in total. The molecule has 2 rings (SSSR count). The first kappa shape index (κ1) is 16.5. The van der Waals surface area contributed by atoms with E-state index in [1.165, 1.54) is 16.4 Å². The zero-order valence-corrected chi connectivity index (χ0v) is 14.5. The maximum Gasteiger partial charge on any atom is 0.335 e. The van der Waals surface area contributed by atoms with Crippen LogP contribution in [0, 0.1) is 12.8 Å². The highest BCUT2D eigenvalue weighted by atomic mass is 79.9. The van der Waals surface area contributed by atoms with Crippen LogP contribution in [0.1, 0.15) is 36.2 Å². The number of carbonyl (C=O) groups is 1. The second kappa shape index (κ2) is 5.70. The molecule has 7 heteroatoms. The van der Waals surface area contributed by atoms with E-state index >= 15 is 0 Å². The Morgan fingerprint density at radius 1 is 1.38 bits per heavy atom. The van der Waals surface area contributed by atoms with Crippen molar-refractivity contribution in [1.82, 2.24) is 4.31 Å². The fraction of sp³-hybridized carbons (Fsp3) is 0.500. The Bertz CT molecular complexity index is 686. The van der Waals surface area contributed by atoms with E-state index in [1.807, 2.05) is 13.8 Å². The number of benzene rings is 1. The molecule has 0 spiro atoms. The Balaban J connectivity index is 2.57. The van der Waals surface area contributed by atoms with Gasteiger partial charge in [-0.3, -0.25) is 0 Å².